The molecular formula is C19H25NO. The Kier molecular flexibility index (Phi) is 5.40. The van der Waals surface area contributed by atoms with Gasteiger partial charge in [-0.05, 0) is 68.1 Å². The molecule has 0 aliphatic heterocycles. The second-order valence-electron chi connectivity index (χ2n) is 5.58. The van der Waals surface area contributed by atoms with Crippen molar-refractivity contribution in [3.8, 4) is 11.5 Å². The fourth-order valence-electron chi connectivity index (χ4n) is 2.30. The van der Waals surface area contributed by atoms with Gasteiger partial charge in [-0.2, -0.15) is 0 Å². The first-order valence-electron chi connectivity index (χ1n) is 7.66. The number of benzene rings is 2. The lowest BCUT2D eigenvalue weighted by molar-refractivity contribution is 0.474. The molecule has 0 spiro atoms. The molecule has 2 rings (SSSR count). The van der Waals surface area contributed by atoms with Gasteiger partial charge < -0.3 is 10.1 Å². The molecule has 21 heavy (non-hydrogen) atoms. The highest BCUT2D eigenvalue weighted by Crippen LogP contribution is 2.29. The van der Waals surface area contributed by atoms with Crippen LogP contribution in [-0.4, -0.2) is 6.54 Å². The van der Waals surface area contributed by atoms with Gasteiger partial charge in [0.25, 0.3) is 0 Å². The first-order valence-corrected chi connectivity index (χ1v) is 7.66. The fraction of sp³-hybridized carbons (Fsp3) is 0.368. The third-order valence-corrected chi connectivity index (χ3v) is 3.77. The van der Waals surface area contributed by atoms with Crippen molar-refractivity contribution < 1.29 is 4.74 Å². The molecule has 0 aliphatic rings. The van der Waals surface area contributed by atoms with E-state index in [2.05, 4.69) is 57.3 Å². The van der Waals surface area contributed by atoms with E-state index in [-0.39, 0.29) is 0 Å². The predicted octanol–water partition coefficient (Wildman–Crippen LogP) is 4.90. The van der Waals surface area contributed by atoms with Crippen LogP contribution in [0.25, 0.3) is 0 Å². The van der Waals surface area contributed by atoms with Gasteiger partial charge in [0.05, 0.1) is 0 Å². The first kappa shape index (κ1) is 15.6. The van der Waals surface area contributed by atoms with Crippen LogP contribution in [0.3, 0.4) is 0 Å². The van der Waals surface area contributed by atoms with Gasteiger partial charge in [0, 0.05) is 6.54 Å². The summed E-state index contributed by atoms with van der Waals surface area (Å²) >= 11 is 0. The summed E-state index contributed by atoms with van der Waals surface area (Å²) in [6.07, 6.45) is 1.16. The minimum Gasteiger partial charge on any atom is -0.457 e. The minimum absolute atomic E-state index is 0.915. The summed E-state index contributed by atoms with van der Waals surface area (Å²) in [5, 5.41) is 3.42. The third kappa shape index (κ3) is 4.08. The average Bonchev–Trinajstić information content (AvgIpc) is 2.47. The zero-order chi connectivity index (χ0) is 15.2. The van der Waals surface area contributed by atoms with Crippen LogP contribution >= 0.6 is 0 Å². The normalized spacial score (nSPS) is 10.7. The Labute approximate surface area is 128 Å². The molecule has 0 atom stereocenters. The summed E-state index contributed by atoms with van der Waals surface area (Å²) in [6.45, 7) is 10.5. The number of ether oxygens (including phenoxy) is 1. The highest BCUT2D eigenvalue weighted by atomic mass is 16.5. The molecule has 0 radical (unpaired) electrons. The van der Waals surface area contributed by atoms with Crippen LogP contribution in [0.15, 0.2) is 36.4 Å². The zero-order valence-corrected chi connectivity index (χ0v) is 13.5. The molecule has 0 bridgehead atoms. The lowest BCUT2D eigenvalue weighted by Gasteiger charge is -2.13. The molecule has 2 nitrogen and oxygen atoms in total. The van der Waals surface area contributed by atoms with Crippen molar-refractivity contribution in [2.45, 2.75) is 40.7 Å². The van der Waals surface area contributed by atoms with Crippen molar-refractivity contribution in [1.29, 1.82) is 0 Å². The Morgan fingerprint density at radius 2 is 1.76 bits per heavy atom. The van der Waals surface area contributed by atoms with Crippen LogP contribution in [0.2, 0.25) is 0 Å². The predicted molar refractivity (Wildman–Crippen MR) is 89.2 cm³/mol. The van der Waals surface area contributed by atoms with Gasteiger partial charge in [-0.25, -0.2) is 0 Å². The van der Waals surface area contributed by atoms with Gasteiger partial charge in [0.2, 0.25) is 0 Å². The van der Waals surface area contributed by atoms with E-state index in [1.54, 1.807) is 0 Å². The molecular weight excluding hydrogens is 258 g/mol. The maximum Gasteiger partial charge on any atom is 0.130 e. The number of aryl methyl sites for hydroxylation is 2. The lowest BCUT2D eigenvalue weighted by Crippen LogP contribution is -2.13. The largest absolute Gasteiger partial charge is 0.457 e. The molecule has 0 unspecified atom stereocenters. The van der Waals surface area contributed by atoms with E-state index < -0.39 is 0 Å². The summed E-state index contributed by atoms with van der Waals surface area (Å²) < 4.78 is 6.08. The van der Waals surface area contributed by atoms with Gasteiger partial charge in [-0.1, -0.05) is 31.2 Å². The summed E-state index contributed by atoms with van der Waals surface area (Å²) in [4.78, 5) is 0. The maximum absolute atomic E-state index is 6.08. The van der Waals surface area contributed by atoms with Crippen LogP contribution in [-0.2, 0) is 6.54 Å². The SMILES string of the molecule is CCCNCc1ccc(Oc2cccc(C)c2C)c(C)c1. The number of rotatable bonds is 6. The topological polar surface area (TPSA) is 21.3 Å². The zero-order valence-electron chi connectivity index (χ0n) is 13.5. The molecule has 0 fully saturated rings. The van der Waals surface area contributed by atoms with Crippen LogP contribution in [0.1, 0.15) is 35.6 Å². The van der Waals surface area contributed by atoms with Crippen LogP contribution in [0.5, 0.6) is 11.5 Å². The van der Waals surface area contributed by atoms with Gasteiger partial charge in [-0.15, -0.1) is 0 Å². The van der Waals surface area contributed by atoms with Crippen molar-refractivity contribution in [3.63, 3.8) is 0 Å². The van der Waals surface area contributed by atoms with Gasteiger partial charge in [0.15, 0.2) is 0 Å². The Hall–Kier alpha value is -1.80. The van der Waals surface area contributed by atoms with E-state index in [9.17, 15) is 0 Å². The second kappa shape index (κ2) is 7.28. The molecule has 0 heterocycles. The summed E-state index contributed by atoms with van der Waals surface area (Å²) in [6, 6.07) is 12.6. The lowest BCUT2D eigenvalue weighted by atomic mass is 10.1. The van der Waals surface area contributed by atoms with E-state index in [1.807, 2.05) is 12.1 Å². The Morgan fingerprint density at radius 1 is 0.952 bits per heavy atom. The molecule has 0 aromatic heterocycles. The number of hydrogen-bond acceptors (Lipinski definition) is 2. The molecule has 0 saturated carbocycles. The standard InChI is InChI=1S/C19H25NO/c1-5-11-20-13-17-9-10-18(15(3)12-17)21-19-8-6-7-14(2)16(19)4/h6-10,12,20H,5,11,13H2,1-4H3. The Balaban J connectivity index is 2.12. The number of hydrogen-bond donors (Lipinski definition) is 1. The fourth-order valence-corrected chi connectivity index (χ4v) is 2.30. The first-order chi connectivity index (χ1) is 10.1. The summed E-state index contributed by atoms with van der Waals surface area (Å²) in [5.41, 5.74) is 4.93. The van der Waals surface area contributed by atoms with E-state index >= 15 is 0 Å². The molecule has 0 amide bonds. The molecule has 2 aromatic carbocycles. The second-order valence-corrected chi connectivity index (χ2v) is 5.58. The minimum atomic E-state index is 0.915. The Bertz CT molecular complexity index is 605. The van der Waals surface area contributed by atoms with Crippen LogP contribution < -0.4 is 10.1 Å². The summed E-state index contributed by atoms with van der Waals surface area (Å²) in [7, 11) is 0. The average molecular weight is 283 g/mol. The van der Waals surface area contributed by atoms with Gasteiger partial charge in [0.1, 0.15) is 11.5 Å². The quantitative estimate of drug-likeness (QED) is 0.761. The van der Waals surface area contributed by atoms with Crippen molar-refractivity contribution >= 4 is 0 Å². The van der Waals surface area contributed by atoms with E-state index in [0.717, 1.165) is 31.0 Å². The highest BCUT2D eigenvalue weighted by molar-refractivity contribution is 5.44. The van der Waals surface area contributed by atoms with E-state index in [0.29, 0.717) is 0 Å². The van der Waals surface area contributed by atoms with Crippen molar-refractivity contribution in [2.75, 3.05) is 6.54 Å². The molecule has 1 N–H and O–H groups in total. The van der Waals surface area contributed by atoms with Crippen molar-refractivity contribution in [3.05, 3.63) is 58.7 Å². The summed E-state index contributed by atoms with van der Waals surface area (Å²) in [5.74, 6) is 1.87. The van der Waals surface area contributed by atoms with E-state index in [4.69, 9.17) is 4.74 Å². The van der Waals surface area contributed by atoms with Gasteiger partial charge >= 0.3 is 0 Å². The van der Waals surface area contributed by atoms with Crippen LogP contribution in [0, 0.1) is 20.8 Å². The van der Waals surface area contributed by atoms with Crippen molar-refractivity contribution in [1.82, 2.24) is 5.32 Å². The molecule has 2 aromatic rings. The van der Waals surface area contributed by atoms with Crippen LogP contribution in [0.4, 0.5) is 0 Å². The van der Waals surface area contributed by atoms with Crippen molar-refractivity contribution in [2.24, 2.45) is 0 Å². The third-order valence-electron chi connectivity index (χ3n) is 3.77. The van der Waals surface area contributed by atoms with E-state index in [1.165, 1.54) is 22.3 Å². The highest BCUT2D eigenvalue weighted by Gasteiger charge is 2.06. The molecule has 0 saturated heterocycles. The van der Waals surface area contributed by atoms with Gasteiger partial charge in [-0.3, -0.25) is 0 Å². The molecule has 2 heteroatoms. The maximum atomic E-state index is 6.08. The molecule has 112 valence electrons. The smallest absolute Gasteiger partial charge is 0.130 e. The monoisotopic (exact) mass is 283 g/mol. The number of nitrogens with one attached hydrogen (secondary N) is 1. The Morgan fingerprint density at radius 3 is 2.48 bits per heavy atom. The molecule has 0 aliphatic carbocycles.